The first-order chi connectivity index (χ1) is 2.91. The van der Waals surface area contributed by atoms with Crippen molar-refractivity contribution >= 4 is 44.5 Å². The second-order valence-corrected chi connectivity index (χ2v) is 1.66. The molecule has 0 rings (SSSR count). The van der Waals surface area contributed by atoms with E-state index in [9.17, 15) is 4.57 Å². The van der Waals surface area contributed by atoms with E-state index in [-0.39, 0.29) is 8.34 Å². The van der Waals surface area contributed by atoms with Crippen molar-refractivity contribution in [2.24, 2.45) is 0 Å². The Morgan fingerprint density at radius 3 is 2.00 bits per heavy atom. The van der Waals surface area contributed by atoms with E-state index in [1.165, 1.54) is 6.72 Å². The van der Waals surface area contributed by atoms with Gasteiger partial charge < -0.3 is 0 Å². The van der Waals surface area contributed by atoms with Gasteiger partial charge in [0.2, 0.25) is 0 Å². The van der Waals surface area contributed by atoms with Gasteiger partial charge in [-0.05, 0) is 0 Å². The summed E-state index contributed by atoms with van der Waals surface area (Å²) in [6.45, 7) is 1.46. The predicted octanol–water partition coefficient (Wildman–Crippen LogP) is 1.57. The quantitative estimate of drug-likeness (QED) is 0.405. The van der Waals surface area contributed by atoms with Crippen LogP contribution in [0.25, 0.3) is 0 Å². The van der Waals surface area contributed by atoms with Gasteiger partial charge in [0.05, 0.1) is 8.34 Å². The fourth-order valence-electron chi connectivity index (χ4n) is 0. The normalized spacial score (nSPS) is 6.00. The molecule has 0 aromatic carbocycles. The molecule has 0 aliphatic carbocycles. The Labute approximate surface area is 61.5 Å². The molecule has 6 heavy (non-hydrogen) atoms. The molecule has 0 saturated carbocycles. The fourth-order valence-corrected chi connectivity index (χ4v) is 0. The van der Waals surface area contributed by atoms with Gasteiger partial charge in [0.25, 0.3) is 6.72 Å². The molecular formula is H2BCuIOP2. The van der Waals surface area contributed by atoms with Crippen molar-refractivity contribution in [1.82, 2.24) is 0 Å². The van der Waals surface area contributed by atoms with Crippen LogP contribution >= 0.6 is 37.8 Å². The van der Waals surface area contributed by atoms with Crippen LogP contribution in [-0.2, 0) is 17.3 Å². The topological polar surface area (TPSA) is 17.1 Å². The summed E-state index contributed by atoms with van der Waals surface area (Å²) in [7, 11) is 2.29. The summed E-state index contributed by atoms with van der Waals surface area (Å²) >= 11 is 5.87. The molecule has 39 valence electrons. The number of halogens is 1. The monoisotopic (exact) mass is 281 g/mol. The Hall–Kier alpha value is 1.84. The van der Waals surface area contributed by atoms with Crippen LogP contribution in [0.15, 0.2) is 0 Å². The second-order valence-electron chi connectivity index (χ2n) is 0.254. The second kappa shape index (κ2) is 15.8. The summed E-state index contributed by atoms with van der Waals surface area (Å²) < 4.78 is 9.19. The Kier molecular flexibility index (Phi) is 28.4. The molecule has 0 aliphatic heterocycles. The maximum absolute atomic E-state index is 9.19. The number of hydrogen-bond donors (Lipinski definition) is 0. The SMILES string of the molecule is O=P[B]P.[Cu][I]. The summed E-state index contributed by atoms with van der Waals surface area (Å²) in [4.78, 5) is 0. The minimum absolute atomic E-state index is 0.0864. The van der Waals surface area contributed by atoms with Gasteiger partial charge in [-0.2, -0.15) is 9.12 Å². The summed E-state index contributed by atoms with van der Waals surface area (Å²) in [5, 5.41) is 0. The number of rotatable bonds is 1. The van der Waals surface area contributed by atoms with E-state index < -0.39 is 0 Å². The molecule has 6 heteroatoms. The molecule has 0 amide bonds. The van der Waals surface area contributed by atoms with E-state index in [1.54, 1.807) is 20.3 Å². The zero-order chi connectivity index (χ0) is 5.41. The van der Waals surface area contributed by atoms with E-state index in [0.717, 1.165) is 0 Å². The van der Waals surface area contributed by atoms with Gasteiger partial charge in [-0.3, -0.25) is 4.57 Å². The van der Waals surface area contributed by atoms with Crippen LogP contribution in [0.2, 0.25) is 0 Å². The van der Waals surface area contributed by atoms with E-state index in [0.29, 0.717) is 0 Å². The Morgan fingerprint density at radius 1 is 1.83 bits per heavy atom. The molecule has 1 nitrogen and oxygen atoms in total. The van der Waals surface area contributed by atoms with Crippen LogP contribution in [0.1, 0.15) is 0 Å². The Balaban J connectivity index is 0. The van der Waals surface area contributed by atoms with Gasteiger partial charge in [0.1, 0.15) is 0 Å². The van der Waals surface area contributed by atoms with Gasteiger partial charge in [-0.15, -0.1) is 0 Å². The molecule has 0 N–H and O–H groups in total. The summed E-state index contributed by atoms with van der Waals surface area (Å²) in [5.74, 6) is 0. The van der Waals surface area contributed by atoms with Gasteiger partial charge >= 0.3 is 33.1 Å². The summed E-state index contributed by atoms with van der Waals surface area (Å²) in [6, 6.07) is 0. The molecule has 0 aromatic heterocycles. The van der Waals surface area contributed by atoms with E-state index in [2.05, 4.69) is 21.9 Å². The molecule has 0 bridgehead atoms. The standard InChI is InChI=1S/BH2OP2.Cu.HI/c2-4-1-3;;/h3H2;;1H/q;+1;/p-1. The molecule has 1 unspecified atom stereocenters. The molecule has 0 fully saturated rings. The van der Waals surface area contributed by atoms with Crippen LogP contribution in [0.5, 0.6) is 0 Å². The molecular weight excluding hydrogens is 279 g/mol. The van der Waals surface area contributed by atoms with Crippen molar-refractivity contribution in [3.05, 3.63) is 0 Å². The van der Waals surface area contributed by atoms with Crippen LogP contribution in [0.4, 0.5) is 0 Å². The van der Waals surface area contributed by atoms with Gasteiger partial charge in [-0.25, -0.2) is 0 Å². The van der Waals surface area contributed by atoms with Crippen molar-refractivity contribution in [1.29, 1.82) is 0 Å². The molecule has 0 heterocycles. The summed E-state index contributed by atoms with van der Waals surface area (Å²) in [6.07, 6.45) is 0. The van der Waals surface area contributed by atoms with Crippen LogP contribution in [-0.4, -0.2) is 6.72 Å². The Bertz CT molecular complexity index is 27.5. The van der Waals surface area contributed by atoms with Gasteiger partial charge in [-0.1, -0.05) is 0 Å². The predicted molar refractivity (Wildman–Crippen MR) is 37.1 cm³/mol. The van der Waals surface area contributed by atoms with Crippen molar-refractivity contribution in [3.63, 3.8) is 0 Å². The Morgan fingerprint density at radius 2 is 2.00 bits per heavy atom. The van der Waals surface area contributed by atoms with Crippen LogP contribution in [0.3, 0.4) is 0 Å². The first-order valence-electron chi connectivity index (χ1n) is 0.888. The first-order valence-corrected chi connectivity index (χ1v) is 5.47. The molecule has 1 atom stereocenters. The summed E-state index contributed by atoms with van der Waals surface area (Å²) in [5.41, 5.74) is 0. The minimum atomic E-state index is 0.0864. The molecule has 0 spiro atoms. The average Bonchev–Trinajstić information content (AvgIpc) is 1.72. The molecule has 0 aliphatic rings. The van der Waals surface area contributed by atoms with Crippen LogP contribution in [0, 0.1) is 0 Å². The zero-order valence-electron chi connectivity index (χ0n) is 2.69. The maximum atomic E-state index is 9.19. The van der Waals surface area contributed by atoms with Gasteiger partial charge in [0.15, 0.2) is 0 Å². The van der Waals surface area contributed by atoms with Crippen molar-refractivity contribution in [3.8, 4) is 0 Å². The van der Waals surface area contributed by atoms with E-state index in [1.807, 2.05) is 0 Å². The zero-order valence-corrected chi connectivity index (χ0v) is 7.84. The molecule has 1 radical (unpaired) electrons. The van der Waals surface area contributed by atoms with Crippen LogP contribution < -0.4 is 0 Å². The first kappa shape index (κ1) is 10.8. The third-order valence-electron chi connectivity index (χ3n) is 0.0609. The number of hydrogen-bond acceptors (Lipinski definition) is 1. The molecule has 0 aromatic rings. The van der Waals surface area contributed by atoms with Crippen molar-refractivity contribution < 1.29 is 17.3 Å². The average molecular weight is 281 g/mol. The third-order valence-corrected chi connectivity index (χ3v) is 0.548. The van der Waals surface area contributed by atoms with Gasteiger partial charge in [0, 0.05) is 0 Å². The van der Waals surface area contributed by atoms with E-state index in [4.69, 9.17) is 0 Å². The third kappa shape index (κ3) is 17.0. The molecule has 0 saturated heterocycles. The van der Waals surface area contributed by atoms with Crippen molar-refractivity contribution in [2.45, 2.75) is 0 Å². The van der Waals surface area contributed by atoms with E-state index >= 15 is 0 Å². The van der Waals surface area contributed by atoms with Crippen molar-refractivity contribution in [2.75, 3.05) is 0 Å². The fraction of sp³-hybridized carbons (Fsp3) is 0.